The summed E-state index contributed by atoms with van der Waals surface area (Å²) in [6, 6.07) is 9.49. The molecule has 124 valence electrons. The van der Waals surface area contributed by atoms with Gasteiger partial charge in [-0.15, -0.1) is 0 Å². The average Bonchev–Trinajstić information content (AvgIpc) is 2.63. The molecule has 1 amide bonds. The number of nitrogen functional groups attached to an aromatic ring is 1. The van der Waals surface area contributed by atoms with Crippen molar-refractivity contribution in [1.29, 1.82) is 0 Å². The highest BCUT2D eigenvalue weighted by Gasteiger charge is 2.15. The predicted octanol–water partition coefficient (Wildman–Crippen LogP) is 3.95. The van der Waals surface area contributed by atoms with Gasteiger partial charge in [-0.25, -0.2) is 0 Å². The summed E-state index contributed by atoms with van der Waals surface area (Å²) in [6.07, 6.45) is 10.3. The van der Waals surface area contributed by atoms with Crippen LogP contribution in [0.4, 0.5) is 5.69 Å². The molecule has 0 fully saturated rings. The largest absolute Gasteiger partial charge is 0.397 e. The molecular weight excluding hydrogens is 298 g/mol. The number of anilines is 1. The zero-order chi connectivity index (χ0) is 16.9. The fourth-order valence-corrected chi connectivity index (χ4v) is 3.10. The van der Waals surface area contributed by atoms with Gasteiger partial charge in [-0.2, -0.15) is 0 Å². The lowest BCUT2D eigenvalue weighted by atomic mass is 9.94. The number of carbonyl (C=O) groups is 1. The third-order valence-electron chi connectivity index (χ3n) is 4.54. The molecule has 0 spiro atoms. The molecule has 1 heterocycles. The molecule has 0 saturated carbocycles. The van der Waals surface area contributed by atoms with Gasteiger partial charge in [0, 0.05) is 23.4 Å². The van der Waals surface area contributed by atoms with E-state index in [0.29, 0.717) is 11.3 Å². The molecule has 2 aromatic rings. The number of amides is 1. The molecule has 1 aliphatic carbocycles. The fraction of sp³-hybridized carbons (Fsp3) is 0.300. The highest BCUT2D eigenvalue weighted by Crippen LogP contribution is 2.25. The zero-order valence-corrected chi connectivity index (χ0v) is 14.0. The summed E-state index contributed by atoms with van der Waals surface area (Å²) in [4.78, 5) is 16.4. The normalized spacial score (nSPS) is 15.5. The maximum Gasteiger partial charge on any atom is 0.251 e. The maximum atomic E-state index is 12.4. The molecule has 0 saturated heterocycles. The Hall–Kier alpha value is -2.62. The Kier molecular flexibility index (Phi) is 4.94. The number of hydrogen-bond acceptors (Lipinski definition) is 3. The Morgan fingerprint density at radius 2 is 2.00 bits per heavy atom. The van der Waals surface area contributed by atoms with E-state index in [1.54, 1.807) is 12.4 Å². The van der Waals surface area contributed by atoms with E-state index in [0.717, 1.165) is 24.0 Å². The van der Waals surface area contributed by atoms with E-state index in [1.807, 2.05) is 30.3 Å². The molecule has 0 radical (unpaired) electrons. The summed E-state index contributed by atoms with van der Waals surface area (Å²) in [6.45, 7) is 2.06. The molecule has 3 rings (SSSR count). The Bertz CT molecular complexity index is 750. The van der Waals surface area contributed by atoms with Crippen LogP contribution in [0.25, 0.3) is 11.1 Å². The Morgan fingerprint density at radius 3 is 2.67 bits per heavy atom. The minimum Gasteiger partial charge on any atom is -0.397 e. The molecule has 4 heteroatoms. The molecule has 0 aliphatic heterocycles. The lowest BCUT2D eigenvalue weighted by Crippen LogP contribution is -2.34. The lowest BCUT2D eigenvalue weighted by molar-refractivity contribution is 0.0944. The van der Waals surface area contributed by atoms with Gasteiger partial charge in [-0.05, 0) is 56.4 Å². The van der Waals surface area contributed by atoms with Gasteiger partial charge in [0.1, 0.15) is 0 Å². The SMILES string of the molecule is C[C@@H](NC(=O)c1ccc(-c2ccncc2N)cc1)C1=CCCCC1. The molecule has 0 unspecified atom stereocenters. The Balaban J connectivity index is 1.70. The first-order chi connectivity index (χ1) is 11.6. The minimum absolute atomic E-state index is 0.0387. The van der Waals surface area contributed by atoms with Crippen LogP contribution in [0, 0.1) is 0 Å². The summed E-state index contributed by atoms with van der Waals surface area (Å²) in [5.41, 5.74) is 10.5. The van der Waals surface area contributed by atoms with Crippen LogP contribution in [-0.4, -0.2) is 16.9 Å². The number of aromatic nitrogens is 1. The third-order valence-corrected chi connectivity index (χ3v) is 4.54. The Labute approximate surface area is 142 Å². The van der Waals surface area contributed by atoms with Gasteiger partial charge in [0.25, 0.3) is 5.91 Å². The molecule has 4 nitrogen and oxygen atoms in total. The number of benzene rings is 1. The molecule has 1 atom stereocenters. The molecular formula is C20H23N3O. The second kappa shape index (κ2) is 7.30. The second-order valence-corrected chi connectivity index (χ2v) is 6.26. The number of nitrogens with zero attached hydrogens (tertiary/aromatic N) is 1. The summed E-state index contributed by atoms with van der Waals surface area (Å²) in [7, 11) is 0. The standard InChI is InChI=1S/C20H23N3O/c1-14(15-5-3-2-4-6-15)23-20(24)17-9-7-16(8-10-17)18-11-12-22-13-19(18)21/h5,7-14H,2-4,6,21H2,1H3,(H,23,24)/t14-/m1/s1. The summed E-state index contributed by atoms with van der Waals surface area (Å²) in [5, 5.41) is 3.09. The van der Waals surface area contributed by atoms with Crippen LogP contribution in [0.1, 0.15) is 43.0 Å². The summed E-state index contributed by atoms with van der Waals surface area (Å²) < 4.78 is 0. The van der Waals surface area contributed by atoms with Crippen LogP contribution >= 0.6 is 0 Å². The number of nitrogens with one attached hydrogen (secondary N) is 1. The summed E-state index contributed by atoms with van der Waals surface area (Å²) in [5.74, 6) is -0.0387. The summed E-state index contributed by atoms with van der Waals surface area (Å²) >= 11 is 0. The monoisotopic (exact) mass is 321 g/mol. The van der Waals surface area contributed by atoms with Crippen LogP contribution < -0.4 is 11.1 Å². The first-order valence-corrected chi connectivity index (χ1v) is 8.45. The third kappa shape index (κ3) is 3.65. The molecule has 0 bridgehead atoms. The minimum atomic E-state index is -0.0387. The number of carbonyl (C=O) groups excluding carboxylic acids is 1. The number of hydrogen-bond donors (Lipinski definition) is 2. The van der Waals surface area contributed by atoms with E-state index >= 15 is 0 Å². The van der Waals surface area contributed by atoms with Gasteiger partial charge in [-0.3, -0.25) is 9.78 Å². The number of rotatable bonds is 4. The lowest BCUT2D eigenvalue weighted by Gasteiger charge is -2.21. The molecule has 1 aromatic heterocycles. The van der Waals surface area contributed by atoms with Crippen molar-refractivity contribution in [2.45, 2.75) is 38.6 Å². The van der Waals surface area contributed by atoms with E-state index in [2.05, 4.69) is 23.3 Å². The van der Waals surface area contributed by atoms with Crippen LogP contribution in [0.2, 0.25) is 0 Å². The van der Waals surface area contributed by atoms with Crippen molar-refractivity contribution in [2.24, 2.45) is 0 Å². The number of pyridine rings is 1. The van der Waals surface area contributed by atoms with E-state index in [1.165, 1.54) is 18.4 Å². The quantitative estimate of drug-likeness (QED) is 0.838. The van der Waals surface area contributed by atoms with Gasteiger partial charge in [0.05, 0.1) is 11.9 Å². The molecule has 3 N–H and O–H groups in total. The predicted molar refractivity (Wildman–Crippen MR) is 97.6 cm³/mol. The van der Waals surface area contributed by atoms with Crippen LogP contribution in [0.3, 0.4) is 0 Å². The molecule has 1 aromatic carbocycles. The molecule has 24 heavy (non-hydrogen) atoms. The van der Waals surface area contributed by atoms with Gasteiger partial charge >= 0.3 is 0 Å². The van der Waals surface area contributed by atoms with E-state index in [9.17, 15) is 4.79 Å². The number of allylic oxidation sites excluding steroid dienone is 1. The van der Waals surface area contributed by atoms with Crippen molar-refractivity contribution in [2.75, 3.05) is 5.73 Å². The van der Waals surface area contributed by atoms with Gasteiger partial charge in [-0.1, -0.05) is 23.8 Å². The Morgan fingerprint density at radius 1 is 1.21 bits per heavy atom. The zero-order valence-electron chi connectivity index (χ0n) is 14.0. The van der Waals surface area contributed by atoms with Crippen molar-refractivity contribution in [3.8, 4) is 11.1 Å². The first kappa shape index (κ1) is 16.2. The maximum absolute atomic E-state index is 12.4. The highest BCUT2D eigenvalue weighted by atomic mass is 16.1. The van der Waals surface area contributed by atoms with Crippen molar-refractivity contribution in [3.63, 3.8) is 0 Å². The van der Waals surface area contributed by atoms with Crippen LogP contribution in [-0.2, 0) is 0 Å². The second-order valence-electron chi connectivity index (χ2n) is 6.26. The van der Waals surface area contributed by atoms with E-state index in [-0.39, 0.29) is 11.9 Å². The number of nitrogens with two attached hydrogens (primary N) is 1. The highest BCUT2D eigenvalue weighted by molar-refractivity contribution is 5.95. The topological polar surface area (TPSA) is 68.0 Å². The van der Waals surface area contributed by atoms with Crippen molar-refractivity contribution < 1.29 is 4.79 Å². The van der Waals surface area contributed by atoms with Crippen LogP contribution in [0.5, 0.6) is 0 Å². The first-order valence-electron chi connectivity index (χ1n) is 8.45. The smallest absolute Gasteiger partial charge is 0.251 e. The van der Waals surface area contributed by atoms with E-state index < -0.39 is 0 Å². The van der Waals surface area contributed by atoms with Gasteiger partial charge in [0.15, 0.2) is 0 Å². The van der Waals surface area contributed by atoms with E-state index in [4.69, 9.17) is 5.73 Å². The average molecular weight is 321 g/mol. The van der Waals surface area contributed by atoms with Crippen LogP contribution in [0.15, 0.2) is 54.4 Å². The molecule has 1 aliphatic rings. The van der Waals surface area contributed by atoms with Gasteiger partial charge < -0.3 is 11.1 Å². The van der Waals surface area contributed by atoms with Crippen molar-refractivity contribution in [1.82, 2.24) is 10.3 Å². The fourth-order valence-electron chi connectivity index (χ4n) is 3.10. The van der Waals surface area contributed by atoms with Crippen molar-refractivity contribution >= 4 is 11.6 Å². The van der Waals surface area contributed by atoms with Gasteiger partial charge in [0.2, 0.25) is 0 Å². The van der Waals surface area contributed by atoms with Crippen molar-refractivity contribution in [3.05, 3.63) is 59.9 Å².